The zero-order chi connectivity index (χ0) is 23.4. The highest BCUT2D eigenvalue weighted by Gasteiger charge is 2.13. The van der Waals surface area contributed by atoms with E-state index in [4.69, 9.17) is 4.74 Å². The van der Waals surface area contributed by atoms with Crippen molar-refractivity contribution in [3.63, 3.8) is 0 Å². The second kappa shape index (κ2) is 9.27. The minimum Gasteiger partial charge on any atom is -0.754 e. The van der Waals surface area contributed by atoms with Crippen LogP contribution in [0.1, 0.15) is 26.3 Å². The van der Waals surface area contributed by atoms with E-state index in [1.165, 1.54) is 5.56 Å². The number of nitroso groups, excluding NO2 is 1. The molecule has 0 aromatic heterocycles. The van der Waals surface area contributed by atoms with Gasteiger partial charge in [0.15, 0.2) is 0 Å². The first kappa shape index (κ1) is 22.2. The Labute approximate surface area is 193 Å². The van der Waals surface area contributed by atoms with Crippen LogP contribution in [0, 0.1) is 10.1 Å². The summed E-state index contributed by atoms with van der Waals surface area (Å²) in [4.78, 5) is 10.5. The average molecular weight is 438 g/mol. The van der Waals surface area contributed by atoms with E-state index in [1.807, 2.05) is 24.3 Å². The van der Waals surface area contributed by atoms with Gasteiger partial charge in [-0.15, -0.1) is 4.91 Å². The molecule has 0 atom stereocenters. The minimum absolute atomic E-state index is 0.116. The third-order valence-electron chi connectivity index (χ3n) is 5.44. The lowest BCUT2D eigenvalue weighted by Crippen LogP contribution is -2.10. The molecule has 4 rings (SSSR count). The predicted molar refractivity (Wildman–Crippen MR) is 134 cm³/mol. The molecule has 4 aromatic rings. The zero-order valence-corrected chi connectivity index (χ0v) is 18.9. The molecular formula is C28H25N2O3-. The number of anilines is 2. The van der Waals surface area contributed by atoms with E-state index in [2.05, 4.69) is 50.2 Å². The Morgan fingerprint density at radius 1 is 0.667 bits per heavy atom. The van der Waals surface area contributed by atoms with Crippen LogP contribution in [0.5, 0.6) is 11.5 Å². The number of nitrogens with zero attached hydrogens (tertiary/aromatic N) is 2. The molecule has 4 aromatic carbocycles. The van der Waals surface area contributed by atoms with Crippen LogP contribution in [0.25, 0.3) is 11.1 Å². The number of benzene rings is 4. The van der Waals surface area contributed by atoms with Crippen LogP contribution in [-0.2, 0) is 5.41 Å². The van der Waals surface area contributed by atoms with Crippen molar-refractivity contribution in [3.8, 4) is 22.6 Å². The van der Waals surface area contributed by atoms with Gasteiger partial charge in [-0.2, -0.15) is 0 Å². The first-order valence-corrected chi connectivity index (χ1v) is 10.7. The summed E-state index contributed by atoms with van der Waals surface area (Å²) in [5.74, 6) is 1.17. The Morgan fingerprint density at radius 2 is 1.09 bits per heavy atom. The second-order valence-corrected chi connectivity index (χ2v) is 8.85. The third-order valence-corrected chi connectivity index (χ3v) is 5.44. The summed E-state index contributed by atoms with van der Waals surface area (Å²) in [5, 5.41) is 16.6. The van der Waals surface area contributed by atoms with Crippen LogP contribution in [0.4, 0.5) is 17.1 Å². The maximum Gasteiger partial charge on any atom is 0.127 e. The van der Waals surface area contributed by atoms with E-state index in [0.29, 0.717) is 28.6 Å². The summed E-state index contributed by atoms with van der Waals surface area (Å²) in [6, 6.07) is 29.5. The molecule has 0 amide bonds. The van der Waals surface area contributed by atoms with Crippen molar-refractivity contribution < 1.29 is 4.74 Å². The number of hydrogen-bond acceptors (Lipinski definition) is 5. The van der Waals surface area contributed by atoms with Crippen LogP contribution < -0.4 is 9.80 Å². The van der Waals surface area contributed by atoms with Crippen LogP contribution in [0.3, 0.4) is 0 Å². The summed E-state index contributed by atoms with van der Waals surface area (Å²) in [5.41, 5.74) is 4.98. The molecule has 0 fully saturated rings. The minimum atomic E-state index is 0.116. The molecule has 5 nitrogen and oxygen atoms in total. The molecule has 0 bridgehead atoms. The Morgan fingerprint density at radius 3 is 1.55 bits per heavy atom. The van der Waals surface area contributed by atoms with E-state index in [-0.39, 0.29) is 5.41 Å². The summed E-state index contributed by atoms with van der Waals surface area (Å²) < 4.78 is 5.75. The molecule has 0 radical (unpaired) electrons. The quantitative estimate of drug-likeness (QED) is 0.224. The predicted octanol–water partition coefficient (Wildman–Crippen LogP) is 8.48. The molecule has 33 heavy (non-hydrogen) atoms. The van der Waals surface area contributed by atoms with Crippen LogP contribution in [-0.4, -0.2) is 0 Å². The maximum atomic E-state index is 12.8. The van der Waals surface area contributed by atoms with Crippen molar-refractivity contribution >= 4 is 17.1 Å². The molecule has 5 heteroatoms. The number of ether oxygens (including phenoxy) is 1. The first-order valence-electron chi connectivity index (χ1n) is 10.7. The summed E-state index contributed by atoms with van der Waals surface area (Å²) in [7, 11) is 0. The van der Waals surface area contributed by atoms with Crippen molar-refractivity contribution in [2.45, 2.75) is 26.2 Å². The fourth-order valence-corrected chi connectivity index (χ4v) is 3.46. The third kappa shape index (κ3) is 5.27. The highest BCUT2D eigenvalue weighted by Crippen LogP contribution is 2.31. The second-order valence-electron chi connectivity index (χ2n) is 8.85. The van der Waals surface area contributed by atoms with Gasteiger partial charge in [0, 0.05) is 11.4 Å². The van der Waals surface area contributed by atoms with Gasteiger partial charge in [-0.05, 0) is 87.9 Å². The molecule has 166 valence electrons. The lowest BCUT2D eigenvalue weighted by Gasteiger charge is -2.31. The molecule has 0 unspecified atom stereocenters. The van der Waals surface area contributed by atoms with Gasteiger partial charge in [0.25, 0.3) is 0 Å². The Balaban J connectivity index is 1.44. The molecule has 0 aliphatic rings. The standard InChI is InChI=1S/C28H25N2O3/c1-28(2,3)22-8-4-20(5-9-22)21-6-12-24(13-7-21)30(32)25-14-18-27(19-15-25)33-26-16-10-23(29-31)11-17-26/h4-19H,1-3H3/q-1. The Kier molecular flexibility index (Phi) is 6.24. The Hall–Kier alpha value is -3.96. The zero-order valence-electron chi connectivity index (χ0n) is 18.9. The fourth-order valence-electron chi connectivity index (χ4n) is 3.46. The molecule has 0 heterocycles. The van der Waals surface area contributed by atoms with Crippen LogP contribution in [0.15, 0.2) is 102 Å². The van der Waals surface area contributed by atoms with E-state index in [1.54, 1.807) is 48.5 Å². The Bertz CT molecular complexity index is 1210. The molecule has 0 saturated heterocycles. The van der Waals surface area contributed by atoms with Gasteiger partial charge in [-0.1, -0.05) is 57.2 Å². The molecular weight excluding hydrogens is 412 g/mol. The van der Waals surface area contributed by atoms with E-state index >= 15 is 0 Å². The van der Waals surface area contributed by atoms with Crippen molar-refractivity contribution in [1.29, 1.82) is 0 Å². The monoisotopic (exact) mass is 437 g/mol. The molecule has 0 aliphatic carbocycles. The molecule has 0 spiro atoms. The van der Waals surface area contributed by atoms with Crippen LogP contribution in [0.2, 0.25) is 0 Å². The van der Waals surface area contributed by atoms with Crippen molar-refractivity contribution in [2.75, 3.05) is 5.06 Å². The smallest absolute Gasteiger partial charge is 0.127 e. The van der Waals surface area contributed by atoms with Crippen molar-refractivity contribution in [1.82, 2.24) is 0 Å². The number of rotatable bonds is 6. The van der Waals surface area contributed by atoms with Crippen LogP contribution >= 0.6 is 0 Å². The maximum absolute atomic E-state index is 12.8. The van der Waals surface area contributed by atoms with Gasteiger partial charge in [0.05, 0.1) is 0 Å². The largest absolute Gasteiger partial charge is 0.754 e. The molecule has 0 saturated carbocycles. The highest BCUT2D eigenvalue weighted by molar-refractivity contribution is 5.70. The number of hydrogen-bond donors (Lipinski definition) is 0. The van der Waals surface area contributed by atoms with E-state index < -0.39 is 0 Å². The van der Waals surface area contributed by atoms with Gasteiger partial charge in [0.2, 0.25) is 0 Å². The van der Waals surface area contributed by atoms with E-state index in [0.717, 1.165) is 16.2 Å². The molecule has 0 N–H and O–H groups in total. The topological polar surface area (TPSA) is 65.0 Å². The summed E-state index contributed by atoms with van der Waals surface area (Å²) >= 11 is 0. The molecule has 0 aliphatic heterocycles. The highest BCUT2D eigenvalue weighted by atomic mass is 16.5. The van der Waals surface area contributed by atoms with Crippen molar-refractivity contribution in [3.05, 3.63) is 113 Å². The van der Waals surface area contributed by atoms with Gasteiger partial charge >= 0.3 is 0 Å². The lowest BCUT2D eigenvalue weighted by molar-refractivity contribution is 0.483. The lowest BCUT2D eigenvalue weighted by atomic mass is 9.86. The summed E-state index contributed by atoms with van der Waals surface area (Å²) in [6.07, 6.45) is 0. The van der Waals surface area contributed by atoms with Gasteiger partial charge in [-0.25, -0.2) is 0 Å². The fraction of sp³-hybridized carbons (Fsp3) is 0.143. The van der Waals surface area contributed by atoms with E-state index in [9.17, 15) is 10.1 Å². The average Bonchev–Trinajstić information content (AvgIpc) is 2.84. The van der Waals surface area contributed by atoms with Gasteiger partial charge < -0.3 is 15.0 Å². The summed E-state index contributed by atoms with van der Waals surface area (Å²) in [6.45, 7) is 6.59. The normalized spacial score (nSPS) is 11.2. The van der Waals surface area contributed by atoms with Gasteiger partial charge in [-0.3, -0.25) is 0 Å². The van der Waals surface area contributed by atoms with Gasteiger partial charge in [0.1, 0.15) is 17.2 Å². The SMILES string of the molecule is CC(C)(C)c1ccc(-c2ccc(N([O-])c3ccc(Oc4ccc(N=O)cc4)cc3)cc2)cc1. The first-order chi connectivity index (χ1) is 15.8. The van der Waals surface area contributed by atoms with Crippen molar-refractivity contribution in [2.24, 2.45) is 5.18 Å².